The molecule has 1 saturated heterocycles. The van der Waals surface area contributed by atoms with Crippen LogP contribution in [-0.2, 0) is 4.74 Å². The molecule has 0 radical (unpaired) electrons. The molecule has 18 heavy (non-hydrogen) atoms. The Hall–Kier alpha value is -0.210. The Balaban J connectivity index is 2.16. The van der Waals surface area contributed by atoms with Crippen molar-refractivity contribution in [1.29, 1.82) is 0 Å². The molecule has 1 aromatic heterocycles. The first-order valence-corrected chi connectivity index (χ1v) is 7.69. The highest BCUT2D eigenvalue weighted by Crippen LogP contribution is 2.33. The summed E-state index contributed by atoms with van der Waals surface area (Å²) in [4.78, 5) is 0. The Morgan fingerprint density at radius 3 is 3.00 bits per heavy atom. The fourth-order valence-electron chi connectivity index (χ4n) is 2.26. The third-order valence-corrected chi connectivity index (χ3v) is 4.76. The number of benzene rings is 1. The summed E-state index contributed by atoms with van der Waals surface area (Å²) in [5, 5.41) is 5.28. The molecular weight excluding hydrogens is 414 g/mol. The molecule has 1 atom stereocenters. The van der Waals surface area contributed by atoms with Gasteiger partial charge in [-0.25, -0.2) is 9.07 Å². The Bertz CT molecular complexity index is 595. The minimum atomic E-state index is -0.215. The monoisotopic (exact) mass is 424 g/mol. The van der Waals surface area contributed by atoms with Gasteiger partial charge < -0.3 is 4.74 Å². The number of rotatable bonds is 1. The molecule has 2 heterocycles. The van der Waals surface area contributed by atoms with Crippen LogP contribution in [0.3, 0.4) is 0 Å². The SMILES string of the molecule is Fc1ccc2c(c(Br)nn2C2CCCCO2)c1I. The second-order valence-corrected chi connectivity index (χ2v) is 6.14. The first-order valence-electron chi connectivity index (χ1n) is 5.82. The normalized spacial score (nSPS) is 20.5. The maximum absolute atomic E-state index is 13.6. The minimum absolute atomic E-state index is 0.0335. The Kier molecular flexibility index (Phi) is 3.59. The molecule has 1 fully saturated rings. The number of nitrogens with zero attached hydrogens (tertiary/aromatic N) is 2. The van der Waals surface area contributed by atoms with E-state index in [4.69, 9.17) is 4.74 Å². The highest BCUT2D eigenvalue weighted by molar-refractivity contribution is 14.1. The fourth-order valence-corrected chi connectivity index (χ4v) is 3.92. The van der Waals surface area contributed by atoms with Crippen LogP contribution in [0.25, 0.3) is 10.9 Å². The van der Waals surface area contributed by atoms with E-state index >= 15 is 0 Å². The Morgan fingerprint density at radius 1 is 1.44 bits per heavy atom. The minimum Gasteiger partial charge on any atom is -0.356 e. The Morgan fingerprint density at radius 2 is 2.28 bits per heavy atom. The molecule has 2 aromatic rings. The molecule has 1 aromatic carbocycles. The molecular formula is C12H11BrFIN2O. The van der Waals surface area contributed by atoms with Crippen LogP contribution in [0.5, 0.6) is 0 Å². The molecule has 1 aliphatic rings. The number of hydrogen-bond donors (Lipinski definition) is 0. The fraction of sp³-hybridized carbons (Fsp3) is 0.417. The molecule has 3 rings (SSSR count). The Labute approximate surface area is 126 Å². The average Bonchev–Trinajstić information content (AvgIpc) is 2.73. The third kappa shape index (κ3) is 2.08. The number of halogens is 3. The first-order chi connectivity index (χ1) is 8.68. The summed E-state index contributed by atoms with van der Waals surface area (Å²) in [6, 6.07) is 3.25. The van der Waals surface area contributed by atoms with E-state index in [1.165, 1.54) is 6.07 Å². The molecule has 1 aliphatic heterocycles. The van der Waals surface area contributed by atoms with Crippen molar-refractivity contribution in [1.82, 2.24) is 9.78 Å². The van der Waals surface area contributed by atoms with Crippen LogP contribution in [0.2, 0.25) is 0 Å². The summed E-state index contributed by atoms with van der Waals surface area (Å²) in [6.07, 6.45) is 3.16. The molecule has 6 heteroatoms. The van der Waals surface area contributed by atoms with E-state index in [0.717, 1.165) is 36.8 Å². The van der Waals surface area contributed by atoms with Crippen molar-refractivity contribution in [3.63, 3.8) is 0 Å². The summed E-state index contributed by atoms with van der Waals surface area (Å²) < 4.78 is 22.5. The van der Waals surface area contributed by atoms with Crippen molar-refractivity contribution >= 4 is 49.4 Å². The van der Waals surface area contributed by atoms with Gasteiger partial charge >= 0.3 is 0 Å². The van der Waals surface area contributed by atoms with Gasteiger partial charge in [0.05, 0.1) is 14.5 Å². The van der Waals surface area contributed by atoms with Crippen molar-refractivity contribution < 1.29 is 9.13 Å². The molecule has 0 N–H and O–H groups in total. The highest BCUT2D eigenvalue weighted by atomic mass is 127. The van der Waals surface area contributed by atoms with E-state index in [0.29, 0.717) is 8.17 Å². The lowest BCUT2D eigenvalue weighted by Gasteiger charge is -2.23. The standard InChI is InChI=1S/C12H11BrFIN2O/c13-12-10-8(5-4-7(14)11(10)15)17(16-12)9-3-1-2-6-18-9/h4-5,9H,1-3,6H2. The molecule has 0 amide bonds. The van der Waals surface area contributed by atoms with Crippen molar-refractivity contribution in [3.8, 4) is 0 Å². The van der Waals surface area contributed by atoms with Crippen molar-refractivity contribution in [2.45, 2.75) is 25.5 Å². The maximum Gasteiger partial charge on any atom is 0.150 e. The van der Waals surface area contributed by atoms with E-state index in [9.17, 15) is 4.39 Å². The largest absolute Gasteiger partial charge is 0.356 e. The van der Waals surface area contributed by atoms with Gasteiger partial charge in [0.15, 0.2) is 6.23 Å². The number of fused-ring (bicyclic) bond motifs is 1. The quantitative estimate of drug-likeness (QED) is 0.640. The van der Waals surface area contributed by atoms with E-state index in [2.05, 4.69) is 21.0 Å². The van der Waals surface area contributed by atoms with Crippen LogP contribution in [0, 0.1) is 9.39 Å². The van der Waals surface area contributed by atoms with Crippen LogP contribution in [0.15, 0.2) is 16.7 Å². The number of ether oxygens (including phenoxy) is 1. The topological polar surface area (TPSA) is 27.1 Å². The van der Waals surface area contributed by atoms with Gasteiger partial charge in [0.25, 0.3) is 0 Å². The zero-order valence-corrected chi connectivity index (χ0v) is 13.2. The van der Waals surface area contributed by atoms with Crippen LogP contribution in [0.1, 0.15) is 25.5 Å². The predicted octanol–water partition coefficient (Wildman–Crippen LogP) is 4.24. The van der Waals surface area contributed by atoms with E-state index in [-0.39, 0.29) is 12.0 Å². The lowest BCUT2D eigenvalue weighted by Crippen LogP contribution is -2.19. The van der Waals surface area contributed by atoms with Crippen LogP contribution >= 0.6 is 38.5 Å². The lowest BCUT2D eigenvalue weighted by atomic mass is 10.2. The summed E-state index contributed by atoms with van der Waals surface area (Å²) >= 11 is 5.42. The van der Waals surface area contributed by atoms with Crippen molar-refractivity contribution in [2.75, 3.05) is 6.61 Å². The van der Waals surface area contributed by atoms with Gasteiger partial charge in [0.2, 0.25) is 0 Å². The number of aromatic nitrogens is 2. The zero-order valence-electron chi connectivity index (χ0n) is 9.50. The third-order valence-electron chi connectivity index (χ3n) is 3.15. The highest BCUT2D eigenvalue weighted by Gasteiger charge is 2.22. The maximum atomic E-state index is 13.6. The molecule has 0 spiro atoms. The summed E-state index contributed by atoms with van der Waals surface area (Å²) in [7, 11) is 0. The van der Waals surface area contributed by atoms with Crippen LogP contribution < -0.4 is 0 Å². The smallest absolute Gasteiger partial charge is 0.150 e. The predicted molar refractivity (Wildman–Crippen MR) is 78.9 cm³/mol. The molecule has 1 unspecified atom stereocenters. The van der Waals surface area contributed by atoms with Gasteiger partial charge in [-0.15, -0.1) is 0 Å². The van der Waals surface area contributed by atoms with Gasteiger partial charge in [-0.2, -0.15) is 5.10 Å². The molecule has 0 aliphatic carbocycles. The van der Waals surface area contributed by atoms with Gasteiger partial charge in [0, 0.05) is 6.61 Å². The summed E-state index contributed by atoms with van der Waals surface area (Å²) in [5.74, 6) is -0.215. The lowest BCUT2D eigenvalue weighted by molar-refractivity contribution is -0.0368. The number of hydrogen-bond acceptors (Lipinski definition) is 2. The van der Waals surface area contributed by atoms with E-state index < -0.39 is 0 Å². The van der Waals surface area contributed by atoms with Gasteiger partial charge in [-0.3, -0.25) is 0 Å². The molecule has 0 bridgehead atoms. The second kappa shape index (κ2) is 5.05. The zero-order chi connectivity index (χ0) is 12.7. The van der Waals surface area contributed by atoms with E-state index in [1.54, 1.807) is 6.07 Å². The van der Waals surface area contributed by atoms with Crippen LogP contribution in [-0.4, -0.2) is 16.4 Å². The molecule has 3 nitrogen and oxygen atoms in total. The van der Waals surface area contributed by atoms with Crippen LogP contribution in [0.4, 0.5) is 4.39 Å². The molecule has 0 saturated carbocycles. The first kappa shape index (κ1) is 12.8. The van der Waals surface area contributed by atoms with Crippen molar-refractivity contribution in [3.05, 3.63) is 26.1 Å². The van der Waals surface area contributed by atoms with Gasteiger partial charge in [0.1, 0.15) is 10.4 Å². The second-order valence-electron chi connectivity index (χ2n) is 4.31. The van der Waals surface area contributed by atoms with Crippen molar-refractivity contribution in [2.24, 2.45) is 0 Å². The molecule has 96 valence electrons. The average molecular weight is 425 g/mol. The summed E-state index contributed by atoms with van der Waals surface area (Å²) in [5.41, 5.74) is 0.916. The van der Waals surface area contributed by atoms with Gasteiger partial charge in [-0.05, 0) is 69.9 Å². The summed E-state index contributed by atoms with van der Waals surface area (Å²) in [6.45, 7) is 0.766. The van der Waals surface area contributed by atoms with E-state index in [1.807, 2.05) is 27.3 Å². The van der Waals surface area contributed by atoms with Gasteiger partial charge in [-0.1, -0.05) is 0 Å².